The topological polar surface area (TPSA) is 32.7 Å². The Bertz CT molecular complexity index is 383. The van der Waals surface area contributed by atoms with E-state index in [1.807, 2.05) is 44.2 Å². The van der Waals surface area contributed by atoms with Crippen molar-refractivity contribution >= 4 is 12.4 Å². The molecular formula is C14H22ClNO2. The number of nitrogens with zero attached hydrogens (tertiary/aromatic N) is 1. The second-order valence-corrected chi connectivity index (χ2v) is 5.00. The predicted octanol–water partition coefficient (Wildman–Crippen LogP) is 2.38. The number of hydrogen-bond acceptors (Lipinski definition) is 3. The SMILES string of the molecule is CCN1CCOC(O)(c2ccccc2)C1(C)C.Cl. The van der Waals surface area contributed by atoms with E-state index in [0.717, 1.165) is 18.7 Å². The van der Waals surface area contributed by atoms with Gasteiger partial charge in [0.1, 0.15) is 0 Å². The summed E-state index contributed by atoms with van der Waals surface area (Å²) < 4.78 is 5.71. The summed E-state index contributed by atoms with van der Waals surface area (Å²) in [7, 11) is 0. The minimum absolute atomic E-state index is 0. The van der Waals surface area contributed by atoms with Crippen LogP contribution in [0.25, 0.3) is 0 Å². The van der Waals surface area contributed by atoms with Gasteiger partial charge in [0.05, 0.1) is 12.1 Å². The van der Waals surface area contributed by atoms with E-state index in [1.54, 1.807) is 0 Å². The Morgan fingerprint density at radius 3 is 2.44 bits per heavy atom. The highest BCUT2D eigenvalue weighted by Gasteiger charge is 2.51. The summed E-state index contributed by atoms with van der Waals surface area (Å²) in [4.78, 5) is 2.25. The molecule has 3 nitrogen and oxygen atoms in total. The van der Waals surface area contributed by atoms with Crippen LogP contribution in [0.1, 0.15) is 26.3 Å². The van der Waals surface area contributed by atoms with Crippen LogP contribution in [0.5, 0.6) is 0 Å². The monoisotopic (exact) mass is 271 g/mol. The minimum atomic E-state index is -1.23. The van der Waals surface area contributed by atoms with Gasteiger partial charge in [-0.15, -0.1) is 12.4 Å². The minimum Gasteiger partial charge on any atom is -0.360 e. The quantitative estimate of drug-likeness (QED) is 0.897. The molecule has 1 heterocycles. The summed E-state index contributed by atoms with van der Waals surface area (Å²) in [5, 5.41) is 10.9. The molecule has 0 amide bonds. The number of rotatable bonds is 2. The van der Waals surface area contributed by atoms with Gasteiger partial charge < -0.3 is 9.84 Å². The van der Waals surface area contributed by atoms with Crippen LogP contribution in [0.15, 0.2) is 30.3 Å². The molecule has 0 aliphatic carbocycles. The normalized spacial score (nSPS) is 27.6. The third-order valence-corrected chi connectivity index (χ3v) is 3.84. The van der Waals surface area contributed by atoms with Crippen molar-refractivity contribution in [3.63, 3.8) is 0 Å². The van der Waals surface area contributed by atoms with Crippen LogP contribution in [-0.4, -0.2) is 35.2 Å². The van der Waals surface area contributed by atoms with Gasteiger partial charge in [-0.25, -0.2) is 0 Å². The van der Waals surface area contributed by atoms with E-state index >= 15 is 0 Å². The Labute approximate surface area is 115 Å². The molecule has 0 bridgehead atoms. The standard InChI is InChI=1S/C14H21NO2.ClH/c1-4-15-10-11-17-14(16,13(15,2)3)12-8-6-5-7-9-12;/h5-9,16H,4,10-11H2,1-3H3;1H. The van der Waals surface area contributed by atoms with E-state index in [-0.39, 0.29) is 12.4 Å². The van der Waals surface area contributed by atoms with Gasteiger partial charge in [-0.3, -0.25) is 4.90 Å². The molecule has 2 rings (SSSR count). The van der Waals surface area contributed by atoms with Gasteiger partial charge in [-0.2, -0.15) is 0 Å². The first-order chi connectivity index (χ1) is 8.02. The molecule has 1 unspecified atom stereocenters. The highest BCUT2D eigenvalue weighted by Crippen LogP contribution is 2.40. The first-order valence-corrected chi connectivity index (χ1v) is 6.19. The van der Waals surface area contributed by atoms with Crippen molar-refractivity contribution in [3.8, 4) is 0 Å². The van der Waals surface area contributed by atoms with Crippen molar-refractivity contribution in [2.45, 2.75) is 32.1 Å². The Morgan fingerprint density at radius 2 is 1.89 bits per heavy atom. The van der Waals surface area contributed by atoms with Crippen molar-refractivity contribution < 1.29 is 9.84 Å². The number of aliphatic hydroxyl groups is 1. The zero-order chi connectivity index (χ0) is 12.5. The molecule has 0 spiro atoms. The lowest BCUT2D eigenvalue weighted by molar-refractivity contribution is -0.307. The fraction of sp³-hybridized carbons (Fsp3) is 0.571. The van der Waals surface area contributed by atoms with Crippen LogP contribution in [-0.2, 0) is 10.5 Å². The molecule has 1 saturated heterocycles. The van der Waals surface area contributed by atoms with Crippen LogP contribution in [0.2, 0.25) is 0 Å². The molecule has 4 heteroatoms. The second-order valence-electron chi connectivity index (χ2n) is 5.00. The maximum absolute atomic E-state index is 10.9. The maximum Gasteiger partial charge on any atom is 0.210 e. The van der Waals surface area contributed by atoms with Gasteiger partial charge >= 0.3 is 0 Å². The zero-order valence-electron chi connectivity index (χ0n) is 11.2. The van der Waals surface area contributed by atoms with Crippen LogP contribution in [0.4, 0.5) is 0 Å². The predicted molar refractivity (Wildman–Crippen MR) is 74.9 cm³/mol. The largest absolute Gasteiger partial charge is 0.360 e. The van der Waals surface area contributed by atoms with Crippen molar-refractivity contribution in [3.05, 3.63) is 35.9 Å². The van der Waals surface area contributed by atoms with Crippen LogP contribution < -0.4 is 0 Å². The summed E-state index contributed by atoms with van der Waals surface area (Å²) in [6, 6.07) is 9.64. The lowest BCUT2D eigenvalue weighted by Gasteiger charge is -2.52. The van der Waals surface area contributed by atoms with Crippen molar-refractivity contribution in [1.29, 1.82) is 0 Å². The van der Waals surface area contributed by atoms with Crippen molar-refractivity contribution in [2.24, 2.45) is 0 Å². The molecule has 102 valence electrons. The molecule has 1 fully saturated rings. The Hall–Kier alpha value is -0.610. The number of likely N-dealkylation sites (N-methyl/N-ethyl adjacent to an activating group) is 1. The Balaban J connectivity index is 0.00000162. The lowest BCUT2D eigenvalue weighted by atomic mass is 9.84. The first kappa shape index (κ1) is 15.4. The highest BCUT2D eigenvalue weighted by molar-refractivity contribution is 5.85. The number of halogens is 1. The lowest BCUT2D eigenvalue weighted by Crippen LogP contribution is -2.64. The third-order valence-electron chi connectivity index (χ3n) is 3.84. The molecule has 1 aromatic rings. The van der Waals surface area contributed by atoms with Gasteiger partial charge in [-0.1, -0.05) is 37.3 Å². The molecule has 0 radical (unpaired) electrons. The fourth-order valence-electron chi connectivity index (χ4n) is 2.63. The second kappa shape index (κ2) is 5.57. The van der Waals surface area contributed by atoms with Crippen molar-refractivity contribution in [1.82, 2.24) is 4.90 Å². The average molecular weight is 272 g/mol. The Morgan fingerprint density at radius 1 is 1.28 bits per heavy atom. The van der Waals surface area contributed by atoms with Gasteiger partial charge in [-0.05, 0) is 20.4 Å². The molecule has 18 heavy (non-hydrogen) atoms. The number of benzene rings is 1. The van der Waals surface area contributed by atoms with Gasteiger partial charge in [0.15, 0.2) is 0 Å². The molecule has 1 aromatic carbocycles. The maximum atomic E-state index is 10.9. The van der Waals surface area contributed by atoms with E-state index in [2.05, 4.69) is 11.8 Å². The molecular weight excluding hydrogens is 250 g/mol. The highest BCUT2D eigenvalue weighted by atomic mass is 35.5. The van der Waals surface area contributed by atoms with E-state index in [4.69, 9.17) is 4.74 Å². The third kappa shape index (κ3) is 2.28. The molecule has 1 aliphatic heterocycles. The first-order valence-electron chi connectivity index (χ1n) is 6.19. The summed E-state index contributed by atoms with van der Waals surface area (Å²) >= 11 is 0. The molecule has 0 aromatic heterocycles. The van der Waals surface area contributed by atoms with Crippen LogP contribution in [0, 0.1) is 0 Å². The summed E-state index contributed by atoms with van der Waals surface area (Å²) in [5.41, 5.74) is 0.393. The van der Waals surface area contributed by atoms with Gasteiger partial charge in [0, 0.05) is 12.1 Å². The zero-order valence-corrected chi connectivity index (χ0v) is 12.0. The Kier molecular flexibility index (Phi) is 4.78. The molecule has 1 atom stereocenters. The fourth-order valence-corrected chi connectivity index (χ4v) is 2.63. The number of hydrogen-bond donors (Lipinski definition) is 1. The van der Waals surface area contributed by atoms with E-state index in [0.29, 0.717) is 6.61 Å². The number of ether oxygens (including phenoxy) is 1. The summed E-state index contributed by atoms with van der Waals surface area (Å²) in [6.07, 6.45) is 0. The molecule has 1 aliphatic rings. The smallest absolute Gasteiger partial charge is 0.210 e. The summed E-state index contributed by atoms with van der Waals surface area (Å²) in [5.74, 6) is -1.23. The molecule has 1 N–H and O–H groups in total. The van der Waals surface area contributed by atoms with Crippen LogP contribution in [0.3, 0.4) is 0 Å². The average Bonchev–Trinajstić information content (AvgIpc) is 2.34. The van der Waals surface area contributed by atoms with E-state index in [9.17, 15) is 5.11 Å². The van der Waals surface area contributed by atoms with Gasteiger partial charge in [0.25, 0.3) is 0 Å². The van der Waals surface area contributed by atoms with Gasteiger partial charge in [0.2, 0.25) is 5.79 Å². The molecule has 0 saturated carbocycles. The van der Waals surface area contributed by atoms with E-state index in [1.165, 1.54) is 0 Å². The number of morpholine rings is 1. The van der Waals surface area contributed by atoms with Crippen LogP contribution >= 0.6 is 12.4 Å². The van der Waals surface area contributed by atoms with E-state index < -0.39 is 11.3 Å². The summed E-state index contributed by atoms with van der Waals surface area (Å²) in [6.45, 7) is 8.50. The van der Waals surface area contributed by atoms with Crippen molar-refractivity contribution in [2.75, 3.05) is 19.7 Å².